The summed E-state index contributed by atoms with van der Waals surface area (Å²) in [5, 5.41) is 12.4. The quantitative estimate of drug-likeness (QED) is 0.861. The number of rotatable bonds is 5. The van der Waals surface area contributed by atoms with Crippen LogP contribution >= 0.6 is 31.9 Å². The zero-order chi connectivity index (χ0) is 11.3. The second-order valence-corrected chi connectivity index (χ2v) is 4.74. The van der Waals surface area contributed by atoms with Crippen molar-refractivity contribution in [1.29, 1.82) is 0 Å². The number of aromatic nitrogens is 1. The van der Waals surface area contributed by atoms with E-state index in [-0.39, 0.29) is 0 Å². The molecule has 0 aliphatic carbocycles. The molecule has 0 spiro atoms. The molecule has 15 heavy (non-hydrogen) atoms. The minimum Gasteiger partial charge on any atom is -0.389 e. The van der Waals surface area contributed by atoms with E-state index in [0.29, 0.717) is 19.0 Å². The van der Waals surface area contributed by atoms with Crippen LogP contribution in [0.2, 0.25) is 0 Å². The fraction of sp³-hybridized carbons (Fsp3) is 0.444. The van der Waals surface area contributed by atoms with E-state index in [1.54, 1.807) is 13.3 Å². The third kappa shape index (κ3) is 4.46. The molecule has 0 aliphatic rings. The van der Waals surface area contributed by atoms with Gasteiger partial charge in [-0.2, -0.15) is 0 Å². The summed E-state index contributed by atoms with van der Waals surface area (Å²) >= 11 is 6.68. The molecule has 84 valence electrons. The molecule has 1 aromatic rings. The summed E-state index contributed by atoms with van der Waals surface area (Å²) in [5.74, 6) is 0.702. The van der Waals surface area contributed by atoms with Gasteiger partial charge < -0.3 is 15.2 Å². The van der Waals surface area contributed by atoms with E-state index in [1.165, 1.54) is 0 Å². The first-order valence-corrected chi connectivity index (χ1v) is 5.94. The zero-order valence-corrected chi connectivity index (χ0v) is 11.4. The van der Waals surface area contributed by atoms with Gasteiger partial charge in [-0.1, -0.05) is 0 Å². The number of ether oxygens (including phenoxy) is 1. The summed E-state index contributed by atoms with van der Waals surface area (Å²) < 4.78 is 6.56. The van der Waals surface area contributed by atoms with E-state index in [2.05, 4.69) is 42.2 Å². The van der Waals surface area contributed by atoms with Crippen molar-refractivity contribution in [3.63, 3.8) is 0 Å². The molecular formula is C9H12Br2N2O2. The molecule has 1 heterocycles. The predicted molar refractivity (Wildman–Crippen MR) is 66.0 cm³/mol. The van der Waals surface area contributed by atoms with Crippen LogP contribution in [0, 0.1) is 0 Å². The lowest BCUT2D eigenvalue weighted by molar-refractivity contribution is 0.0727. The molecule has 0 radical (unpaired) electrons. The van der Waals surface area contributed by atoms with Crippen molar-refractivity contribution in [3.05, 3.63) is 21.2 Å². The van der Waals surface area contributed by atoms with Crippen LogP contribution in [0.15, 0.2) is 21.2 Å². The first-order valence-electron chi connectivity index (χ1n) is 4.35. The van der Waals surface area contributed by atoms with Crippen molar-refractivity contribution in [2.24, 2.45) is 0 Å². The Hall–Kier alpha value is -0.170. The molecule has 0 aliphatic heterocycles. The molecular weight excluding hydrogens is 328 g/mol. The Morgan fingerprint density at radius 1 is 1.60 bits per heavy atom. The molecule has 0 fully saturated rings. The molecule has 0 saturated carbocycles. The Kier molecular flexibility index (Phi) is 5.52. The van der Waals surface area contributed by atoms with E-state index >= 15 is 0 Å². The standard InChI is InChI=1S/C9H12Br2N2O2/c1-15-5-7(14)4-13-9-8(11)2-6(10)3-12-9/h2-3,7,14H,4-5H2,1H3,(H,12,13). The van der Waals surface area contributed by atoms with Crippen LogP contribution in [0.5, 0.6) is 0 Å². The lowest BCUT2D eigenvalue weighted by Crippen LogP contribution is -2.24. The van der Waals surface area contributed by atoms with E-state index in [0.717, 1.165) is 8.95 Å². The lowest BCUT2D eigenvalue weighted by Gasteiger charge is -2.12. The second kappa shape index (κ2) is 6.42. The van der Waals surface area contributed by atoms with Gasteiger partial charge in [0.1, 0.15) is 5.82 Å². The Morgan fingerprint density at radius 3 is 2.93 bits per heavy atom. The number of nitrogens with one attached hydrogen (secondary N) is 1. The van der Waals surface area contributed by atoms with Crippen molar-refractivity contribution >= 4 is 37.7 Å². The van der Waals surface area contributed by atoms with E-state index in [9.17, 15) is 5.11 Å². The number of halogens is 2. The number of hydrogen-bond donors (Lipinski definition) is 2. The van der Waals surface area contributed by atoms with E-state index in [1.807, 2.05) is 6.07 Å². The van der Waals surface area contributed by atoms with Crippen molar-refractivity contribution in [3.8, 4) is 0 Å². The van der Waals surface area contributed by atoms with Crippen molar-refractivity contribution < 1.29 is 9.84 Å². The summed E-state index contributed by atoms with van der Waals surface area (Å²) in [6.07, 6.45) is 1.16. The number of aliphatic hydroxyl groups excluding tert-OH is 1. The highest BCUT2D eigenvalue weighted by molar-refractivity contribution is 9.11. The molecule has 6 heteroatoms. The summed E-state index contributed by atoms with van der Waals surface area (Å²) in [4.78, 5) is 4.15. The first-order chi connectivity index (χ1) is 7.13. The number of anilines is 1. The minimum atomic E-state index is -0.535. The smallest absolute Gasteiger partial charge is 0.140 e. The third-order valence-electron chi connectivity index (χ3n) is 1.67. The van der Waals surface area contributed by atoms with Gasteiger partial charge in [0.2, 0.25) is 0 Å². The van der Waals surface area contributed by atoms with E-state index in [4.69, 9.17) is 4.74 Å². The van der Waals surface area contributed by atoms with Gasteiger partial charge in [-0.3, -0.25) is 0 Å². The number of methoxy groups -OCH3 is 1. The number of nitrogens with zero attached hydrogens (tertiary/aromatic N) is 1. The maximum atomic E-state index is 9.42. The number of aliphatic hydroxyl groups is 1. The predicted octanol–water partition coefficient (Wildman–Crippen LogP) is 2.03. The van der Waals surface area contributed by atoms with Crippen molar-refractivity contribution in [1.82, 2.24) is 4.98 Å². The molecule has 4 nitrogen and oxygen atoms in total. The van der Waals surface area contributed by atoms with Gasteiger partial charge in [0.05, 0.1) is 17.2 Å². The van der Waals surface area contributed by atoms with Crippen LogP contribution in [0.1, 0.15) is 0 Å². The minimum absolute atomic E-state index is 0.307. The Bertz CT molecular complexity index is 323. The van der Waals surface area contributed by atoms with Gasteiger partial charge in [-0.25, -0.2) is 4.98 Å². The van der Waals surface area contributed by atoms with Crippen molar-refractivity contribution in [2.75, 3.05) is 25.6 Å². The SMILES string of the molecule is COCC(O)CNc1ncc(Br)cc1Br. The highest BCUT2D eigenvalue weighted by atomic mass is 79.9. The number of hydrogen-bond acceptors (Lipinski definition) is 4. The Morgan fingerprint density at radius 2 is 2.33 bits per heavy atom. The molecule has 0 bridgehead atoms. The second-order valence-electron chi connectivity index (χ2n) is 2.97. The highest BCUT2D eigenvalue weighted by Gasteiger charge is 2.06. The average Bonchev–Trinajstić information content (AvgIpc) is 2.17. The molecule has 0 aromatic carbocycles. The van der Waals surface area contributed by atoms with Gasteiger partial charge >= 0.3 is 0 Å². The molecule has 1 atom stereocenters. The molecule has 1 unspecified atom stereocenters. The molecule has 1 rings (SSSR count). The number of pyridine rings is 1. The maximum absolute atomic E-state index is 9.42. The monoisotopic (exact) mass is 338 g/mol. The average molecular weight is 340 g/mol. The summed E-state index contributed by atoms with van der Waals surface area (Å²) in [7, 11) is 1.55. The fourth-order valence-electron chi connectivity index (χ4n) is 1.01. The summed E-state index contributed by atoms with van der Waals surface area (Å²) in [6, 6.07) is 1.89. The third-order valence-corrected chi connectivity index (χ3v) is 2.71. The molecule has 1 aromatic heterocycles. The summed E-state index contributed by atoms with van der Waals surface area (Å²) in [5.41, 5.74) is 0. The maximum Gasteiger partial charge on any atom is 0.140 e. The topological polar surface area (TPSA) is 54.4 Å². The fourth-order valence-corrected chi connectivity index (χ4v) is 2.14. The zero-order valence-electron chi connectivity index (χ0n) is 8.20. The van der Waals surface area contributed by atoms with Crippen molar-refractivity contribution in [2.45, 2.75) is 6.10 Å². The van der Waals surface area contributed by atoms with Gasteiger partial charge in [0, 0.05) is 24.3 Å². The van der Waals surface area contributed by atoms with Crippen LogP contribution in [-0.2, 0) is 4.74 Å². The van der Waals surface area contributed by atoms with Crippen LogP contribution in [0.4, 0.5) is 5.82 Å². The van der Waals surface area contributed by atoms with Crippen LogP contribution in [-0.4, -0.2) is 36.5 Å². The van der Waals surface area contributed by atoms with E-state index < -0.39 is 6.10 Å². The van der Waals surface area contributed by atoms with Gasteiger partial charge in [-0.05, 0) is 37.9 Å². The highest BCUT2D eigenvalue weighted by Crippen LogP contribution is 2.23. The largest absolute Gasteiger partial charge is 0.389 e. The molecule has 2 N–H and O–H groups in total. The Balaban J connectivity index is 2.50. The lowest BCUT2D eigenvalue weighted by atomic mass is 10.3. The van der Waals surface area contributed by atoms with Crippen LogP contribution < -0.4 is 5.32 Å². The van der Waals surface area contributed by atoms with Gasteiger partial charge in [-0.15, -0.1) is 0 Å². The van der Waals surface area contributed by atoms with Gasteiger partial charge in [0.15, 0.2) is 0 Å². The molecule has 0 amide bonds. The van der Waals surface area contributed by atoms with Gasteiger partial charge in [0.25, 0.3) is 0 Å². The van der Waals surface area contributed by atoms with Crippen LogP contribution in [0.3, 0.4) is 0 Å². The first kappa shape index (κ1) is 12.9. The Labute approximate surface area is 105 Å². The normalized spacial score (nSPS) is 12.5. The summed E-state index contributed by atoms with van der Waals surface area (Å²) in [6.45, 7) is 0.711. The molecule has 0 saturated heterocycles. The van der Waals surface area contributed by atoms with Crippen LogP contribution in [0.25, 0.3) is 0 Å².